The fraction of sp³-hybridized carbons (Fsp3) is 0.455. The van der Waals surface area contributed by atoms with Crippen molar-refractivity contribution < 1.29 is 18.0 Å². The van der Waals surface area contributed by atoms with Gasteiger partial charge < -0.3 is 0 Å². The molecular weight excluding hydrogens is 401 g/mol. The monoisotopic (exact) mass is 426 g/mol. The Morgan fingerprint density at radius 3 is 2.31 bits per heavy atom. The Bertz CT molecular complexity index is 875. The molecule has 0 radical (unpaired) electrons. The topological polar surface area (TPSA) is 33.2 Å². The molecule has 0 bridgehead atoms. The van der Waals surface area contributed by atoms with E-state index in [1.165, 1.54) is 6.07 Å². The van der Waals surface area contributed by atoms with E-state index < -0.39 is 23.2 Å². The van der Waals surface area contributed by atoms with Crippen LogP contribution in [-0.2, 0) is 23.3 Å². The molecule has 2 heterocycles. The normalized spacial score (nSPS) is 16.4. The SMILES string of the molecule is CC.CC(C)(C)N1C(=O)C(Cc2cc(C(F)(F)F)ccc2CCl)c2cccnc21. The number of benzene rings is 1. The van der Waals surface area contributed by atoms with Gasteiger partial charge in [0.05, 0.1) is 11.5 Å². The fourth-order valence-electron chi connectivity index (χ4n) is 3.45. The van der Waals surface area contributed by atoms with Crippen molar-refractivity contribution >= 4 is 23.3 Å². The first kappa shape index (κ1) is 23.2. The third kappa shape index (κ3) is 4.74. The van der Waals surface area contributed by atoms with Crippen molar-refractivity contribution in [2.75, 3.05) is 4.90 Å². The lowest BCUT2D eigenvalue weighted by Gasteiger charge is -2.32. The van der Waals surface area contributed by atoms with E-state index in [1.54, 1.807) is 17.2 Å². The number of carbonyl (C=O) groups is 1. The highest BCUT2D eigenvalue weighted by Crippen LogP contribution is 2.42. The maximum absolute atomic E-state index is 13.1. The van der Waals surface area contributed by atoms with Crippen molar-refractivity contribution in [1.82, 2.24) is 4.98 Å². The van der Waals surface area contributed by atoms with Gasteiger partial charge in [-0.3, -0.25) is 9.69 Å². The summed E-state index contributed by atoms with van der Waals surface area (Å²) in [7, 11) is 0. The van der Waals surface area contributed by atoms with Crippen LogP contribution in [-0.4, -0.2) is 16.4 Å². The van der Waals surface area contributed by atoms with E-state index in [4.69, 9.17) is 11.6 Å². The van der Waals surface area contributed by atoms with Crippen LogP contribution in [0.25, 0.3) is 0 Å². The molecule has 0 aliphatic carbocycles. The molecule has 1 aromatic carbocycles. The van der Waals surface area contributed by atoms with Crippen molar-refractivity contribution in [2.24, 2.45) is 0 Å². The van der Waals surface area contributed by atoms with Crippen LogP contribution in [0.2, 0.25) is 0 Å². The zero-order valence-electron chi connectivity index (χ0n) is 17.3. The van der Waals surface area contributed by atoms with Crippen LogP contribution in [0.15, 0.2) is 36.5 Å². The van der Waals surface area contributed by atoms with Gasteiger partial charge in [-0.25, -0.2) is 4.98 Å². The van der Waals surface area contributed by atoms with Gasteiger partial charge in [0.15, 0.2) is 0 Å². The van der Waals surface area contributed by atoms with E-state index in [-0.39, 0.29) is 18.2 Å². The van der Waals surface area contributed by atoms with E-state index >= 15 is 0 Å². The van der Waals surface area contributed by atoms with E-state index in [2.05, 4.69) is 4.98 Å². The smallest absolute Gasteiger partial charge is 0.291 e. The molecule has 1 aliphatic heterocycles. The number of rotatable bonds is 3. The standard InChI is InChI=1S/C20H20ClF3N2O.C2H6/c1-19(2,3)26-17-15(5-4-8-25-17)16(18(26)27)10-13-9-14(20(22,23)24)7-6-12(13)11-21;1-2/h4-9,16H,10-11H2,1-3H3;1-2H3. The molecule has 1 amide bonds. The average molecular weight is 427 g/mol. The second-order valence-corrected chi connectivity index (χ2v) is 7.90. The predicted octanol–water partition coefficient (Wildman–Crippen LogP) is 6.34. The van der Waals surface area contributed by atoms with Crippen molar-refractivity contribution in [3.05, 3.63) is 58.8 Å². The van der Waals surface area contributed by atoms with Gasteiger partial charge in [0, 0.05) is 23.2 Å². The molecule has 0 spiro atoms. The molecule has 0 saturated heterocycles. The van der Waals surface area contributed by atoms with Gasteiger partial charge in [-0.15, -0.1) is 11.6 Å². The van der Waals surface area contributed by atoms with Crippen molar-refractivity contribution in [1.29, 1.82) is 0 Å². The predicted molar refractivity (Wildman–Crippen MR) is 110 cm³/mol. The molecule has 0 saturated carbocycles. The summed E-state index contributed by atoms with van der Waals surface area (Å²) >= 11 is 5.93. The molecule has 0 N–H and O–H groups in total. The minimum absolute atomic E-state index is 0.0806. The van der Waals surface area contributed by atoms with Crippen LogP contribution in [0.1, 0.15) is 62.8 Å². The quantitative estimate of drug-likeness (QED) is 0.537. The third-order valence-electron chi connectivity index (χ3n) is 4.69. The number of hydrogen-bond donors (Lipinski definition) is 0. The lowest BCUT2D eigenvalue weighted by atomic mass is 9.90. The third-order valence-corrected chi connectivity index (χ3v) is 4.98. The summed E-state index contributed by atoms with van der Waals surface area (Å²) in [5, 5.41) is 0. The number of anilines is 1. The summed E-state index contributed by atoms with van der Waals surface area (Å²) in [5.41, 5.74) is 0.532. The number of amides is 1. The number of halogens is 4. The Balaban J connectivity index is 0.00000145. The highest BCUT2D eigenvalue weighted by Gasteiger charge is 2.43. The molecule has 29 heavy (non-hydrogen) atoms. The van der Waals surface area contributed by atoms with Crippen LogP contribution in [0.5, 0.6) is 0 Å². The number of aromatic nitrogens is 1. The zero-order chi connectivity index (χ0) is 22.0. The van der Waals surface area contributed by atoms with Crippen LogP contribution >= 0.6 is 11.6 Å². The Kier molecular flexibility index (Phi) is 6.99. The minimum Gasteiger partial charge on any atom is -0.291 e. The number of fused-ring (bicyclic) bond motifs is 1. The van der Waals surface area contributed by atoms with Gasteiger partial charge >= 0.3 is 6.18 Å². The molecule has 3 nitrogen and oxygen atoms in total. The highest BCUT2D eigenvalue weighted by molar-refractivity contribution is 6.17. The largest absolute Gasteiger partial charge is 0.416 e. The average Bonchev–Trinajstić information content (AvgIpc) is 2.94. The Morgan fingerprint density at radius 2 is 1.76 bits per heavy atom. The Morgan fingerprint density at radius 1 is 1.10 bits per heavy atom. The number of carbonyl (C=O) groups excluding carboxylic acids is 1. The van der Waals surface area contributed by atoms with Gasteiger partial charge in [0.2, 0.25) is 5.91 Å². The molecule has 1 atom stereocenters. The highest BCUT2D eigenvalue weighted by atomic mass is 35.5. The molecule has 3 rings (SSSR count). The second kappa shape index (κ2) is 8.74. The zero-order valence-corrected chi connectivity index (χ0v) is 18.0. The van der Waals surface area contributed by atoms with E-state index in [0.717, 1.165) is 17.7 Å². The molecule has 158 valence electrons. The summed E-state index contributed by atoms with van der Waals surface area (Å²) < 4.78 is 39.4. The number of nitrogens with zero attached hydrogens (tertiary/aromatic N) is 2. The number of pyridine rings is 1. The summed E-state index contributed by atoms with van der Waals surface area (Å²) in [6.45, 7) is 9.71. The minimum atomic E-state index is -4.45. The molecule has 1 aliphatic rings. The Hall–Kier alpha value is -2.08. The molecule has 1 unspecified atom stereocenters. The van der Waals surface area contributed by atoms with Gasteiger partial charge in [-0.2, -0.15) is 13.2 Å². The lowest BCUT2D eigenvalue weighted by molar-refractivity contribution is -0.137. The summed E-state index contributed by atoms with van der Waals surface area (Å²) in [6.07, 6.45) is -2.69. The molecule has 1 aromatic heterocycles. The molecule has 2 aromatic rings. The van der Waals surface area contributed by atoms with Crippen molar-refractivity contribution in [2.45, 2.75) is 64.6 Å². The second-order valence-electron chi connectivity index (χ2n) is 7.63. The van der Waals surface area contributed by atoms with Crippen LogP contribution in [0, 0.1) is 0 Å². The first-order valence-corrected chi connectivity index (χ1v) is 10.1. The van der Waals surface area contributed by atoms with Crippen LogP contribution in [0.4, 0.5) is 19.0 Å². The number of hydrogen-bond acceptors (Lipinski definition) is 2. The summed E-state index contributed by atoms with van der Waals surface area (Å²) in [6, 6.07) is 7.05. The van der Waals surface area contributed by atoms with E-state index in [0.29, 0.717) is 16.9 Å². The maximum atomic E-state index is 13.1. The van der Waals surface area contributed by atoms with Gasteiger partial charge in [0.1, 0.15) is 5.82 Å². The van der Waals surface area contributed by atoms with Gasteiger partial charge in [-0.1, -0.05) is 26.0 Å². The molecular formula is C22H26ClF3N2O. The summed E-state index contributed by atoms with van der Waals surface area (Å²) in [5.74, 6) is -0.0935. The van der Waals surface area contributed by atoms with E-state index in [1.807, 2.05) is 40.7 Å². The fourth-order valence-corrected chi connectivity index (χ4v) is 3.71. The van der Waals surface area contributed by atoms with Crippen molar-refractivity contribution in [3.8, 4) is 0 Å². The van der Waals surface area contributed by atoms with Crippen molar-refractivity contribution in [3.63, 3.8) is 0 Å². The first-order chi connectivity index (χ1) is 13.5. The van der Waals surface area contributed by atoms with Crippen LogP contribution < -0.4 is 4.90 Å². The maximum Gasteiger partial charge on any atom is 0.416 e. The van der Waals surface area contributed by atoms with E-state index in [9.17, 15) is 18.0 Å². The van der Waals surface area contributed by atoms with Gasteiger partial charge in [-0.05, 0) is 56.5 Å². The summed E-state index contributed by atoms with van der Waals surface area (Å²) in [4.78, 5) is 19.1. The first-order valence-electron chi connectivity index (χ1n) is 9.58. The Labute approximate surface area is 174 Å². The lowest BCUT2D eigenvalue weighted by Crippen LogP contribution is -2.45. The van der Waals surface area contributed by atoms with Crippen LogP contribution in [0.3, 0.4) is 0 Å². The molecule has 7 heteroatoms. The number of alkyl halides is 4. The molecule has 0 fully saturated rings. The van der Waals surface area contributed by atoms with Gasteiger partial charge in [0.25, 0.3) is 0 Å².